The molecule has 0 aliphatic heterocycles. The monoisotopic (exact) mass is 256 g/mol. The highest BCUT2D eigenvalue weighted by Gasteiger charge is 2.29. The number of nitrogens with one attached hydrogen (secondary N) is 1. The lowest BCUT2D eigenvalue weighted by Crippen LogP contribution is -2.42. The van der Waals surface area contributed by atoms with Crippen molar-refractivity contribution < 1.29 is 9.53 Å². The summed E-state index contributed by atoms with van der Waals surface area (Å²) in [5.41, 5.74) is 0. The molecule has 1 rings (SSSR count). The van der Waals surface area contributed by atoms with Crippen LogP contribution in [0.25, 0.3) is 0 Å². The fourth-order valence-electron chi connectivity index (χ4n) is 2.11. The maximum atomic E-state index is 11.8. The van der Waals surface area contributed by atoms with E-state index < -0.39 is 0 Å². The molecule has 1 aliphatic carbocycles. The van der Waals surface area contributed by atoms with Gasteiger partial charge in [-0.05, 0) is 45.7 Å². The Balaban J connectivity index is 2.32. The molecule has 4 nitrogen and oxygen atoms in total. The van der Waals surface area contributed by atoms with E-state index in [1.165, 1.54) is 12.8 Å². The van der Waals surface area contributed by atoms with Crippen LogP contribution in [0.5, 0.6) is 0 Å². The third-order valence-electron chi connectivity index (χ3n) is 3.06. The average Bonchev–Trinajstić information content (AvgIpc) is 3.07. The van der Waals surface area contributed by atoms with Gasteiger partial charge in [-0.1, -0.05) is 13.8 Å². The molecule has 1 N–H and O–H groups in total. The Hall–Kier alpha value is -0.610. The summed E-state index contributed by atoms with van der Waals surface area (Å²) in [6, 6.07) is 0.405. The molecule has 0 aromatic carbocycles. The Morgan fingerprint density at radius 3 is 2.61 bits per heavy atom. The molecular formula is C14H28N2O2. The number of esters is 1. The Labute approximate surface area is 111 Å². The summed E-state index contributed by atoms with van der Waals surface area (Å²) < 4.78 is 5.13. The molecule has 0 amide bonds. The summed E-state index contributed by atoms with van der Waals surface area (Å²) in [5, 5.41) is 3.38. The molecular weight excluding hydrogens is 228 g/mol. The molecule has 0 aromatic heterocycles. The van der Waals surface area contributed by atoms with Gasteiger partial charge in [0.25, 0.3) is 0 Å². The fourth-order valence-corrected chi connectivity index (χ4v) is 2.11. The predicted molar refractivity (Wildman–Crippen MR) is 73.5 cm³/mol. The minimum absolute atomic E-state index is 0.0950. The van der Waals surface area contributed by atoms with Gasteiger partial charge < -0.3 is 15.0 Å². The SMILES string of the molecule is CCOC(=O)C(CCN(C)CC(C)C)NC1CC1. The van der Waals surface area contributed by atoms with E-state index in [-0.39, 0.29) is 12.0 Å². The first-order valence-electron chi connectivity index (χ1n) is 7.14. The highest BCUT2D eigenvalue weighted by Crippen LogP contribution is 2.20. The van der Waals surface area contributed by atoms with Crippen LogP contribution < -0.4 is 5.32 Å². The van der Waals surface area contributed by atoms with Crippen LogP contribution in [0.15, 0.2) is 0 Å². The molecule has 106 valence electrons. The van der Waals surface area contributed by atoms with Crippen molar-refractivity contribution in [1.29, 1.82) is 0 Å². The fraction of sp³-hybridized carbons (Fsp3) is 0.929. The number of ether oxygens (including phenoxy) is 1. The van der Waals surface area contributed by atoms with Crippen molar-refractivity contribution in [1.82, 2.24) is 10.2 Å². The van der Waals surface area contributed by atoms with Crippen LogP contribution in [-0.4, -0.2) is 49.7 Å². The summed E-state index contributed by atoms with van der Waals surface area (Å²) >= 11 is 0. The second-order valence-electron chi connectivity index (χ2n) is 5.69. The van der Waals surface area contributed by atoms with E-state index in [1.807, 2.05) is 6.92 Å². The molecule has 1 aliphatic rings. The first-order chi connectivity index (χ1) is 8.52. The van der Waals surface area contributed by atoms with E-state index in [2.05, 4.69) is 31.1 Å². The molecule has 1 fully saturated rings. The van der Waals surface area contributed by atoms with Gasteiger partial charge in [0.2, 0.25) is 0 Å². The van der Waals surface area contributed by atoms with Gasteiger partial charge in [-0.3, -0.25) is 4.79 Å². The zero-order chi connectivity index (χ0) is 13.5. The van der Waals surface area contributed by atoms with Crippen molar-refractivity contribution >= 4 is 5.97 Å². The van der Waals surface area contributed by atoms with E-state index >= 15 is 0 Å². The van der Waals surface area contributed by atoms with Crippen molar-refractivity contribution in [3.63, 3.8) is 0 Å². The Kier molecular flexibility index (Phi) is 6.65. The van der Waals surface area contributed by atoms with Crippen molar-refractivity contribution in [2.45, 2.75) is 52.1 Å². The van der Waals surface area contributed by atoms with Gasteiger partial charge in [-0.25, -0.2) is 0 Å². The average molecular weight is 256 g/mol. The van der Waals surface area contributed by atoms with Crippen molar-refractivity contribution in [2.24, 2.45) is 5.92 Å². The number of hydrogen-bond donors (Lipinski definition) is 1. The van der Waals surface area contributed by atoms with Crippen LogP contribution in [0.3, 0.4) is 0 Å². The van der Waals surface area contributed by atoms with Gasteiger partial charge in [0.15, 0.2) is 0 Å². The van der Waals surface area contributed by atoms with Crippen LogP contribution in [0.2, 0.25) is 0 Å². The second-order valence-corrected chi connectivity index (χ2v) is 5.69. The quantitative estimate of drug-likeness (QED) is 0.637. The molecule has 1 saturated carbocycles. The third-order valence-corrected chi connectivity index (χ3v) is 3.06. The Bertz CT molecular complexity index is 252. The first-order valence-corrected chi connectivity index (χ1v) is 7.14. The Morgan fingerprint density at radius 1 is 1.44 bits per heavy atom. The first kappa shape index (κ1) is 15.4. The summed E-state index contributed by atoms with van der Waals surface area (Å²) in [6.07, 6.45) is 3.22. The van der Waals surface area contributed by atoms with Gasteiger partial charge in [0.1, 0.15) is 6.04 Å². The summed E-state index contributed by atoms with van der Waals surface area (Å²) in [4.78, 5) is 14.1. The number of carbonyl (C=O) groups excluding carboxylic acids is 1. The van der Waals surface area contributed by atoms with Crippen LogP contribution in [0.1, 0.15) is 40.0 Å². The van der Waals surface area contributed by atoms with Crippen LogP contribution >= 0.6 is 0 Å². The van der Waals surface area contributed by atoms with E-state index in [9.17, 15) is 4.79 Å². The van der Waals surface area contributed by atoms with Crippen LogP contribution in [0, 0.1) is 5.92 Å². The highest BCUT2D eigenvalue weighted by molar-refractivity contribution is 5.75. The highest BCUT2D eigenvalue weighted by atomic mass is 16.5. The van der Waals surface area contributed by atoms with E-state index in [4.69, 9.17) is 4.74 Å². The molecule has 0 spiro atoms. The van der Waals surface area contributed by atoms with E-state index in [0.29, 0.717) is 18.6 Å². The van der Waals surface area contributed by atoms with Gasteiger partial charge in [0.05, 0.1) is 6.61 Å². The third kappa shape index (κ3) is 6.36. The maximum Gasteiger partial charge on any atom is 0.323 e. The minimum Gasteiger partial charge on any atom is -0.465 e. The van der Waals surface area contributed by atoms with Crippen LogP contribution in [0.4, 0.5) is 0 Å². The zero-order valence-corrected chi connectivity index (χ0v) is 12.2. The summed E-state index contributed by atoms with van der Waals surface area (Å²) in [7, 11) is 2.11. The topological polar surface area (TPSA) is 41.6 Å². The van der Waals surface area contributed by atoms with E-state index in [0.717, 1.165) is 19.5 Å². The molecule has 0 bridgehead atoms. The lowest BCUT2D eigenvalue weighted by Gasteiger charge is -2.22. The normalized spacial score (nSPS) is 17.2. The van der Waals surface area contributed by atoms with Crippen LogP contribution in [-0.2, 0) is 9.53 Å². The maximum absolute atomic E-state index is 11.8. The molecule has 0 radical (unpaired) electrons. The van der Waals surface area contributed by atoms with E-state index in [1.54, 1.807) is 0 Å². The molecule has 0 heterocycles. The lowest BCUT2D eigenvalue weighted by molar-refractivity contribution is -0.146. The summed E-state index contributed by atoms with van der Waals surface area (Å²) in [6.45, 7) is 8.74. The number of carbonyl (C=O) groups is 1. The number of rotatable bonds is 9. The van der Waals surface area contributed by atoms with Crippen molar-refractivity contribution in [2.75, 3.05) is 26.7 Å². The number of hydrogen-bond acceptors (Lipinski definition) is 4. The van der Waals surface area contributed by atoms with Gasteiger partial charge in [-0.15, -0.1) is 0 Å². The molecule has 18 heavy (non-hydrogen) atoms. The second kappa shape index (κ2) is 7.74. The predicted octanol–water partition coefficient (Wildman–Crippen LogP) is 1.65. The zero-order valence-electron chi connectivity index (χ0n) is 12.2. The molecule has 1 atom stereocenters. The Morgan fingerprint density at radius 2 is 2.11 bits per heavy atom. The van der Waals surface area contributed by atoms with Crippen molar-refractivity contribution in [3.8, 4) is 0 Å². The molecule has 0 saturated heterocycles. The van der Waals surface area contributed by atoms with Gasteiger partial charge >= 0.3 is 5.97 Å². The standard InChI is InChI=1S/C14H28N2O2/c1-5-18-14(17)13(15-12-6-7-12)8-9-16(4)10-11(2)3/h11-13,15H,5-10H2,1-4H3. The van der Waals surface area contributed by atoms with Gasteiger partial charge in [0, 0.05) is 12.6 Å². The van der Waals surface area contributed by atoms with Crippen molar-refractivity contribution in [3.05, 3.63) is 0 Å². The largest absolute Gasteiger partial charge is 0.465 e. The smallest absolute Gasteiger partial charge is 0.323 e. The molecule has 0 aromatic rings. The minimum atomic E-state index is -0.132. The lowest BCUT2D eigenvalue weighted by atomic mass is 10.1. The van der Waals surface area contributed by atoms with Gasteiger partial charge in [-0.2, -0.15) is 0 Å². The summed E-state index contributed by atoms with van der Waals surface area (Å²) in [5.74, 6) is 0.565. The number of nitrogens with zero attached hydrogens (tertiary/aromatic N) is 1. The molecule has 1 unspecified atom stereocenters. The molecule has 4 heteroatoms.